The lowest BCUT2D eigenvalue weighted by molar-refractivity contribution is -0.118. The van der Waals surface area contributed by atoms with E-state index in [1.54, 1.807) is 23.1 Å². The highest BCUT2D eigenvalue weighted by Crippen LogP contribution is 2.28. The number of para-hydroxylation sites is 1. The molecule has 0 radical (unpaired) electrons. The topological polar surface area (TPSA) is 86.7 Å². The molecule has 0 unspecified atom stereocenters. The molecule has 3 aromatic rings. The van der Waals surface area contributed by atoms with Gasteiger partial charge in [0.05, 0.1) is 16.0 Å². The van der Waals surface area contributed by atoms with Crippen molar-refractivity contribution in [2.75, 3.05) is 0 Å². The van der Waals surface area contributed by atoms with Gasteiger partial charge in [-0.1, -0.05) is 37.7 Å². The monoisotopic (exact) mass is 375 g/mol. The SMILES string of the molecule is CC(C)Cn1c(CCC(N)=O)nnc1SCc1nc2ccccc2s1. The number of hydrogen-bond acceptors (Lipinski definition) is 6. The molecule has 6 nitrogen and oxygen atoms in total. The molecular weight excluding hydrogens is 354 g/mol. The maximum absolute atomic E-state index is 11.1. The number of fused-ring (bicyclic) bond motifs is 1. The molecule has 3 rings (SSSR count). The number of aromatic nitrogens is 4. The number of rotatable bonds is 8. The molecule has 1 amide bonds. The summed E-state index contributed by atoms with van der Waals surface area (Å²) >= 11 is 3.34. The number of thiazole rings is 1. The molecule has 0 aliphatic rings. The molecular formula is C17H21N5OS2. The summed E-state index contributed by atoms with van der Waals surface area (Å²) in [6.45, 7) is 5.13. The predicted molar refractivity (Wildman–Crippen MR) is 102 cm³/mol. The summed E-state index contributed by atoms with van der Waals surface area (Å²) < 4.78 is 3.30. The third-order valence-corrected chi connectivity index (χ3v) is 5.80. The van der Waals surface area contributed by atoms with Crippen LogP contribution in [0.25, 0.3) is 10.2 Å². The number of hydrogen-bond donors (Lipinski definition) is 1. The minimum atomic E-state index is -0.317. The number of thioether (sulfide) groups is 1. The Hall–Kier alpha value is -1.93. The van der Waals surface area contributed by atoms with E-state index in [4.69, 9.17) is 5.73 Å². The highest BCUT2D eigenvalue weighted by Gasteiger charge is 2.15. The molecule has 0 saturated carbocycles. The van der Waals surface area contributed by atoms with Crippen LogP contribution in [-0.2, 0) is 23.5 Å². The van der Waals surface area contributed by atoms with E-state index in [2.05, 4.69) is 39.7 Å². The number of aryl methyl sites for hydroxylation is 1. The van der Waals surface area contributed by atoms with Crippen LogP contribution in [0.5, 0.6) is 0 Å². The van der Waals surface area contributed by atoms with Crippen molar-refractivity contribution in [1.82, 2.24) is 19.7 Å². The smallest absolute Gasteiger partial charge is 0.217 e. The largest absolute Gasteiger partial charge is 0.370 e. The van der Waals surface area contributed by atoms with E-state index >= 15 is 0 Å². The summed E-state index contributed by atoms with van der Waals surface area (Å²) in [5.41, 5.74) is 6.30. The molecule has 0 fully saturated rings. The minimum Gasteiger partial charge on any atom is -0.370 e. The van der Waals surface area contributed by atoms with Gasteiger partial charge in [0.1, 0.15) is 10.8 Å². The number of nitrogens with zero attached hydrogens (tertiary/aromatic N) is 4. The van der Waals surface area contributed by atoms with Gasteiger partial charge in [-0.2, -0.15) is 0 Å². The fourth-order valence-electron chi connectivity index (χ4n) is 2.50. The van der Waals surface area contributed by atoms with Crippen molar-refractivity contribution in [3.8, 4) is 0 Å². The van der Waals surface area contributed by atoms with Crippen LogP contribution in [0.15, 0.2) is 29.4 Å². The lowest BCUT2D eigenvalue weighted by Crippen LogP contribution is -2.15. The van der Waals surface area contributed by atoms with Crippen molar-refractivity contribution >= 4 is 39.2 Å². The Labute approximate surface area is 154 Å². The van der Waals surface area contributed by atoms with E-state index in [0.717, 1.165) is 33.8 Å². The van der Waals surface area contributed by atoms with Gasteiger partial charge in [-0.15, -0.1) is 21.5 Å². The Morgan fingerprint density at radius 3 is 2.84 bits per heavy atom. The molecule has 0 saturated heterocycles. The Bertz CT molecular complexity index is 838. The number of benzene rings is 1. The first-order valence-electron chi connectivity index (χ1n) is 8.20. The van der Waals surface area contributed by atoms with Gasteiger partial charge in [-0.05, 0) is 18.1 Å². The Balaban J connectivity index is 1.75. The minimum absolute atomic E-state index is 0.290. The van der Waals surface area contributed by atoms with Crippen LogP contribution in [0.4, 0.5) is 0 Å². The van der Waals surface area contributed by atoms with Gasteiger partial charge in [0.15, 0.2) is 5.16 Å². The van der Waals surface area contributed by atoms with Crippen LogP contribution in [0.3, 0.4) is 0 Å². The summed E-state index contributed by atoms with van der Waals surface area (Å²) in [4.78, 5) is 15.7. The molecule has 2 aromatic heterocycles. The van der Waals surface area contributed by atoms with E-state index in [9.17, 15) is 4.79 Å². The van der Waals surface area contributed by atoms with Crippen molar-refractivity contribution in [2.24, 2.45) is 11.7 Å². The second kappa shape index (κ2) is 7.97. The van der Waals surface area contributed by atoms with Crippen LogP contribution in [0.1, 0.15) is 31.1 Å². The predicted octanol–water partition coefficient (Wildman–Crippen LogP) is 3.25. The molecule has 2 heterocycles. The molecule has 0 bridgehead atoms. The Morgan fingerprint density at radius 2 is 2.12 bits per heavy atom. The zero-order valence-corrected chi connectivity index (χ0v) is 15.9. The first-order chi connectivity index (χ1) is 12.0. The fraction of sp³-hybridized carbons (Fsp3) is 0.412. The van der Waals surface area contributed by atoms with E-state index in [1.165, 1.54) is 4.70 Å². The maximum atomic E-state index is 11.1. The molecule has 0 aliphatic heterocycles. The molecule has 8 heteroatoms. The molecule has 0 aliphatic carbocycles. The second-order valence-corrected chi connectivity index (χ2v) is 8.29. The quantitative estimate of drug-likeness (QED) is 0.611. The summed E-state index contributed by atoms with van der Waals surface area (Å²) in [5, 5.41) is 10.5. The normalized spacial score (nSPS) is 11.5. The van der Waals surface area contributed by atoms with Crippen LogP contribution in [-0.4, -0.2) is 25.7 Å². The lowest BCUT2D eigenvalue weighted by atomic mass is 10.2. The lowest BCUT2D eigenvalue weighted by Gasteiger charge is -2.11. The van der Waals surface area contributed by atoms with Crippen LogP contribution in [0, 0.1) is 5.92 Å². The standard InChI is InChI=1S/C17H21N5OS2/c1-11(2)9-22-15(8-7-14(18)23)20-21-17(22)24-10-16-19-12-5-3-4-6-13(12)25-16/h3-6,11H,7-10H2,1-2H3,(H2,18,23). The van der Waals surface area contributed by atoms with Gasteiger partial charge in [0, 0.05) is 19.4 Å². The van der Waals surface area contributed by atoms with E-state index < -0.39 is 0 Å². The first kappa shape index (κ1) is 17.9. The van der Waals surface area contributed by atoms with Crippen LogP contribution >= 0.6 is 23.1 Å². The molecule has 132 valence electrons. The summed E-state index contributed by atoms with van der Waals surface area (Å²) in [5.74, 6) is 1.72. The second-order valence-electron chi connectivity index (χ2n) is 6.23. The first-order valence-corrected chi connectivity index (χ1v) is 10.0. The molecule has 0 atom stereocenters. The third-order valence-electron chi connectivity index (χ3n) is 3.60. The van der Waals surface area contributed by atoms with Gasteiger partial charge in [0.2, 0.25) is 5.91 Å². The van der Waals surface area contributed by atoms with E-state index in [0.29, 0.717) is 18.8 Å². The van der Waals surface area contributed by atoms with Gasteiger partial charge in [-0.25, -0.2) is 4.98 Å². The van der Waals surface area contributed by atoms with E-state index in [-0.39, 0.29) is 5.91 Å². The van der Waals surface area contributed by atoms with Crippen molar-refractivity contribution in [2.45, 2.75) is 44.1 Å². The zero-order chi connectivity index (χ0) is 17.8. The summed E-state index contributed by atoms with van der Waals surface area (Å²) in [6, 6.07) is 8.15. The number of carbonyl (C=O) groups is 1. The van der Waals surface area contributed by atoms with Gasteiger partial charge in [0.25, 0.3) is 0 Å². The highest BCUT2D eigenvalue weighted by atomic mass is 32.2. The van der Waals surface area contributed by atoms with Crippen molar-refractivity contribution in [1.29, 1.82) is 0 Å². The Kier molecular flexibility index (Phi) is 5.70. The maximum Gasteiger partial charge on any atom is 0.217 e. The highest BCUT2D eigenvalue weighted by molar-refractivity contribution is 7.98. The number of amides is 1. The molecule has 0 spiro atoms. The van der Waals surface area contributed by atoms with Crippen LogP contribution < -0.4 is 5.73 Å². The summed E-state index contributed by atoms with van der Waals surface area (Å²) in [6.07, 6.45) is 0.815. The Morgan fingerprint density at radius 1 is 1.32 bits per heavy atom. The summed E-state index contributed by atoms with van der Waals surface area (Å²) in [7, 11) is 0. The van der Waals surface area contributed by atoms with E-state index in [1.807, 2.05) is 18.2 Å². The molecule has 2 N–H and O–H groups in total. The van der Waals surface area contributed by atoms with Gasteiger partial charge in [-0.3, -0.25) is 4.79 Å². The fourth-order valence-corrected chi connectivity index (χ4v) is 4.43. The van der Waals surface area contributed by atoms with Gasteiger partial charge >= 0.3 is 0 Å². The molecule has 25 heavy (non-hydrogen) atoms. The van der Waals surface area contributed by atoms with Gasteiger partial charge < -0.3 is 10.3 Å². The average Bonchev–Trinajstić information content (AvgIpc) is 3.14. The zero-order valence-electron chi connectivity index (χ0n) is 14.3. The number of carbonyl (C=O) groups excluding carboxylic acids is 1. The van der Waals surface area contributed by atoms with Crippen molar-refractivity contribution in [3.63, 3.8) is 0 Å². The van der Waals surface area contributed by atoms with Crippen LogP contribution in [0.2, 0.25) is 0 Å². The third kappa shape index (κ3) is 4.58. The number of primary amides is 1. The van der Waals surface area contributed by atoms with Crippen molar-refractivity contribution < 1.29 is 4.79 Å². The van der Waals surface area contributed by atoms with Crippen molar-refractivity contribution in [3.05, 3.63) is 35.1 Å². The average molecular weight is 376 g/mol. The number of nitrogens with two attached hydrogens (primary N) is 1. The molecule has 1 aromatic carbocycles.